The Morgan fingerprint density at radius 1 is 0.929 bits per heavy atom. The van der Waals surface area contributed by atoms with Crippen LogP contribution in [0, 0.1) is 11.7 Å². The van der Waals surface area contributed by atoms with Gasteiger partial charge >= 0.3 is 0 Å². The molecule has 3 atom stereocenters. The van der Waals surface area contributed by atoms with Crippen molar-refractivity contribution in [2.75, 3.05) is 7.11 Å². The topological polar surface area (TPSA) is 18.5 Å². The first-order chi connectivity index (χ1) is 13.5. The molecule has 0 bridgehead atoms. The first kappa shape index (κ1) is 17.8. The molecule has 0 N–H and O–H groups in total. The largest absolute Gasteiger partial charge is 0.497 e. The number of fused-ring (bicyclic) bond motifs is 2. The summed E-state index contributed by atoms with van der Waals surface area (Å²) in [5, 5.41) is 0. The molecule has 0 radical (unpaired) electrons. The summed E-state index contributed by atoms with van der Waals surface area (Å²) in [6, 6.07) is 22.0. The number of hydrogen-bond donors (Lipinski definition) is 0. The molecule has 28 heavy (non-hydrogen) atoms. The van der Waals surface area contributed by atoms with Crippen molar-refractivity contribution >= 4 is 23.2 Å². The number of halogens is 3. The Labute approximate surface area is 172 Å². The molecule has 142 valence electrons. The van der Waals surface area contributed by atoms with E-state index in [1.807, 2.05) is 48.5 Å². The standard InChI is InChI=1S/C23H17Cl2FO2/c1-27-17-12-8-15(9-13-17)22-21(23(22,24)25)20(14-6-10-16(26)11-7-14)18-4-2-3-5-19(18)28-22/h2-13,20-21H,1H3/t20-,21+,22-/m0/s1. The fourth-order valence-electron chi connectivity index (χ4n) is 4.48. The number of ether oxygens (including phenoxy) is 2. The molecule has 2 nitrogen and oxygen atoms in total. The number of methoxy groups -OCH3 is 1. The fraction of sp³-hybridized carbons (Fsp3) is 0.217. The minimum absolute atomic E-state index is 0.109. The van der Waals surface area contributed by atoms with Crippen LogP contribution in [-0.4, -0.2) is 11.4 Å². The molecule has 3 aromatic carbocycles. The zero-order valence-corrected chi connectivity index (χ0v) is 16.5. The average Bonchev–Trinajstić information content (AvgIpc) is 3.23. The predicted octanol–water partition coefficient (Wildman–Crippen LogP) is 6.06. The van der Waals surface area contributed by atoms with Crippen LogP contribution >= 0.6 is 23.2 Å². The molecular weight excluding hydrogens is 398 g/mol. The van der Waals surface area contributed by atoms with E-state index in [1.54, 1.807) is 19.2 Å². The Morgan fingerprint density at radius 2 is 1.61 bits per heavy atom. The fourth-order valence-corrected chi connectivity index (χ4v) is 5.46. The molecule has 0 amide bonds. The highest BCUT2D eigenvalue weighted by atomic mass is 35.5. The van der Waals surface area contributed by atoms with E-state index in [4.69, 9.17) is 32.7 Å². The van der Waals surface area contributed by atoms with Crippen LogP contribution in [0.25, 0.3) is 0 Å². The van der Waals surface area contributed by atoms with Gasteiger partial charge in [0, 0.05) is 11.5 Å². The molecule has 1 heterocycles. The van der Waals surface area contributed by atoms with Crippen molar-refractivity contribution in [3.63, 3.8) is 0 Å². The third kappa shape index (κ3) is 2.33. The van der Waals surface area contributed by atoms with Crippen molar-refractivity contribution in [3.05, 3.63) is 95.3 Å². The second-order valence-electron chi connectivity index (χ2n) is 7.23. The van der Waals surface area contributed by atoms with Crippen LogP contribution in [0.1, 0.15) is 22.6 Å². The molecule has 1 aliphatic heterocycles. The van der Waals surface area contributed by atoms with Crippen LogP contribution in [0.4, 0.5) is 4.39 Å². The molecule has 1 saturated carbocycles. The van der Waals surface area contributed by atoms with Gasteiger partial charge in [-0.3, -0.25) is 0 Å². The Bertz CT molecular complexity index is 1030. The maximum atomic E-state index is 13.5. The third-order valence-electron chi connectivity index (χ3n) is 5.85. The maximum absolute atomic E-state index is 13.5. The highest BCUT2D eigenvalue weighted by Gasteiger charge is 2.83. The van der Waals surface area contributed by atoms with Gasteiger partial charge in [0.05, 0.1) is 13.0 Å². The minimum atomic E-state index is -1.13. The average molecular weight is 415 g/mol. The summed E-state index contributed by atoms with van der Waals surface area (Å²) in [6.07, 6.45) is 0. The second-order valence-corrected chi connectivity index (χ2v) is 8.62. The molecular formula is C23H17Cl2FO2. The summed E-state index contributed by atoms with van der Waals surface area (Å²) in [5.41, 5.74) is 1.98. The van der Waals surface area contributed by atoms with Crippen LogP contribution in [-0.2, 0) is 5.60 Å². The lowest BCUT2D eigenvalue weighted by molar-refractivity contribution is 0.137. The Balaban J connectivity index is 1.69. The third-order valence-corrected chi connectivity index (χ3v) is 6.88. The van der Waals surface area contributed by atoms with Crippen LogP contribution in [0.3, 0.4) is 0 Å². The number of rotatable bonds is 3. The molecule has 5 rings (SSSR count). The summed E-state index contributed by atoms with van der Waals surface area (Å²) < 4.78 is 24.1. The number of benzene rings is 3. The normalized spacial score (nSPS) is 26.6. The van der Waals surface area contributed by atoms with Crippen LogP contribution in [0.15, 0.2) is 72.8 Å². The van der Waals surface area contributed by atoms with Gasteiger partial charge in [0.25, 0.3) is 0 Å². The summed E-state index contributed by atoms with van der Waals surface area (Å²) in [6.45, 7) is 0. The highest BCUT2D eigenvalue weighted by molar-refractivity contribution is 6.52. The van der Waals surface area contributed by atoms with E-state index in [0.717, 1.165) is 28.2 Å². The monoisotopic (exact) mass is 414 g/mol. The summed E-state index contributed by atoms with van der Waals surface area (Å²) in [7, 11) is 1.62. The summed E-state index contributed by atoms with van der Waals surface area (Å²) in [4.78, 5) is 0. The van der Waals surface area contributed by atoms with Gasteiger partial charge in [-0.05, 0) is 41.5 Å². The van der Waals surface area contributed by atoms with Gasteiger partial charge in [-0.1, -0.05) is 65.7 Å². The van der Waals surface area contributed by atoms with E-state index in [9.17, 15) is 4.39 Å². The molecule has 1 fully saturated rings. The van der Waals surface area contributed by atoms with Gasteiger partial charge in [0.1, 0.15) is 17.3 Å². The molecule has 0 spiro atoms. The second kappa shape index (κ2) is 6.13. The first-order valence-corrected chi connectivity index (χ1v) is 9.80. The maximum Gasteiger partial charge on any atom is 0.174 e. The van der Waals surface area contributed by atoms with Crippen molar-refractivity contribution in [2.45, 2.75) is 15.9 Å². The lowest BCUT2D eigenvalue weighted by Crippen LogP contribution is -2.28. The van der Waals surface area contributed by atoms with E-state index < -0.39 is 9.93 Å². The molecule has 5 heteroatoms. The molecule has 0 saturated heterocycles. The number of para-hydroxylation sites is 1. The molecule has 0 aromatic heterocycles. The van der Waals surface area contributed by atoms with Crippen LogP contribution in [0.2, 0.25) is 0 Å². The lowest BCUT2D eigenvalue weighted by atomic mass is 9.82. The lowest BCUT2D eigenvalue weighted by Gasteiger charge is -2.31. The van der Waals surface area contributed by atoms with Crippen LogP contribution < -0.4 is 9.47 Å². The Morgan fingerprint density at radius 3 is 2.29 bits per heavy atom. The Kier molecular flexibility index (Phi) is 3.91. The van der Waals surface area contributed by atoms with E-state index in [0.29, 0.717) is 0 Å². The van der Waals surface area contributed by atoms with E-state index in [2.05, 4.69) is 0 Å². The first-order valence-electron chi connectivity index (χ1n) is 9.05. The highest BCUT2D eigenvalue weighted by Crippen LogP contribution is 2.77. The van der Waals surface area contributed by atoms with Crippen molar-refractivity contribution < 1.29 is 13.9 Å². The van der Waals surface area contributed by atoms with Gasteiger partial charge in [-0.25, -0.2) is 4.39 Å². The summed E-state index contributed by atoms with van der Waals surface area (Å²) in [5.74, 6) is 0.898. The molecule has 3 aromatic rings. The SMILES string of the molecule is COc1ccc([C@]23Oc4ccccc4[C@H](c4ccc(F)cc4)[C@H]2C3(Cl)Cl)cc1. The van der Waals surface area contributed by atoms with Crippen molar-refractivity contribution in [3.8, 4) is 11.5 Å². The smallest absolute Gasteiger partial charge is 0.174 e. The molecule has 0 unspecified atom stereocenters. The van der Waals surface area contributed by atoms with Crippen molar-refractivity contribution in [1.29, 1.82) is 0 Å². The van der Waals surface area contributed by atoms with Gasteiger partial charge < -0.3 is 9.47 Å². The Hall–Kier alpha value is -2.23. The van der Waals surface area contributed by atoms with E-state index in [1.165, 1.54) is 12.1 Å². The molecule has 2 aliphatic rings. The predicted molar refractivity (Wildman–Crippen MR) is 108 cm³/mol. The number of hydrogen-bond acceptors (Lipinski definition) is 2. The van der Waals surface area contributed by atoms with E-state index >= 15 is 0 Å². The minimum Gasteiger partial charge on any atom is -0.497 e. The zero-order chi connectivity index (χ0) is 19.5. The van der Waals surface area contributed by atoms with Crippen molar-refractivity contribution in [1.82, 2.24) is 0 Å². The van der Waals surface area contributed by atoms with Gasteiger partial charge in [-0.15, -0.1) is 0 Å². The van der Waals surface area contributed by atoms with Gasteiger partial charge in [0.15, 0.2) is 9.93 Å². The van der Waals surface area contributed by atoms with Crippen molar-refractivity contribution in [2.24, 2.45) is 5.92 Å². The molecule has 1 aliphatic carbocycles. The van der Waals surface area contributed by atoms with Gasteiger partial charge in [-0.2, -0.15) is 0 Å². The van der Waals surface area contributed by atoms with E-state index in [-0.39, 0.29) is 17.7 Å². The van der Waals surface area contributed by atoms with Gasteiger partial charge in [0.2, 0.25) is 0 Å². The zero-order valence-electron chi connectivity index (χ0n) is 15.0. The quantitative estimate of drug-likeness (QED) is 0.485. The summed E-state index contributed by atoms with van der Waals surface area (Å²) >= 11 is 13.8. The van der Waals surface area contributed by atoms with Crippen LogP contribution in [0.5, 0.6) is 11.5 Å². The number of alkyl halides is 2.